The Morgan fingerprint density at radius 3 is 2.39 bits per heavy atom. The molecule has 0 fully saturated rings. The standard InChI is InChI=1S/C27H19FN2O3/c28-22-8-6-20(7-9-22)26-15-14-25(33-26)16-21(17-29)27(31)30-23-10-12-24(13-11-23)32-18-19-4-2-1-3-5-19/h1-16H,18H2,(H,30,31)/b21-16+. The number of halogens is 1. The lowest BCUT2D eigenvalue weighted by atomic mass is 10.2. The van der Waals surface area contributed by atoms with Gasteiger partial charge >= 0.3 is 0 Å². The molecule has 0 atom stereocenters. The van der Waals surface area contributed by atoms with Crippen LogP contribution in [0.15, 0.2) is 101 Å². The van der Waals surface area contributed by atoms with Crippen molar-refractivity contribution in [2.75, 3.05) is 5.32 Å². The Labute approximate surface area is 190 Å². The molecule has 4 aromatic rings. The van der Waals surface area contributed by atoms with Gasteiger partial charge in [-0.15, -0.1) is 0 Å². The molecule has 0 aliphatic carbocycles. The Kier molecular flexibility index (Phi) is 6.62. The lowest BCUT2D eigenvalue weighted by molar-refractivity contribution is -0.112. The number of nitrogens with one attached hydrogen (secondary N) is 1. The highest BCUT2D eigenvalue weighted by atomic mass is 19.1. The number of ether oxygens (including phenoxy) is 1. The second-order valence-corrected chi connectivity index (χ2v) is 7.13. The average molecular weight is 438 g/mol. The number of carbonyl (C=O) groups is 1. The fourth-order valence-electron chi connectivity index (χ4n) is 3.06. The lowest BCUT2D eigenvalue weighted by Gasteiger charge is -2.08. The summed E-state index contributed by atoms with van der Waals surface area (Å²) in [7, 11) is 0. The Hall–Kier alpha value is -4.63. The molecule has 162 valence electrons. The van der Waals surface area contributed by atoms with Crippen LogP contribution >= 0.6 is 0 Å². The number of anilines is 1. The molecule has 33 heavy (non-hydrogen) atoms. The van der Waals surface area contributed by atoms with Gasteiger partial charge < -0.3 is 14.5 Å². The van der Waals surface area contributed by atoms with E-state index in [1.165, 1.54) is 18.2 Å². The number of hydrogen-bond acceptors (Lipinski definition) is 4. The summed E-state index contributed by atoms with van der Waals surface area (Å²) in [5, 5.41) is 12.1. The first-order valence-electron chi connectivity index (χ1n) is 10.2. The van der Waals surface area contributed by atoms with Gasteiger partial charge in [-0.3, -0.25) is 4.79 Å². The Bertz CT molecular complexity index is 1300. The number of rotatable bonds is 7. The predicted octanol–water partition coefficient (Wildman–Crippen LogP) is 6.21. The van der Waals surface area contributed by atoms with Crippen LogP contribution < -0.4 is 10.1 Å². The summed E-state index contributed by atoms with van der Waals surface area (Å²) in [6, 6.07) is 27.8. The van der Waals surface area contributed by atoms with Crippen LogP contribution in [0.5, 0.6) is 5.75 Å². The van der Waals surface area contributed by atoms with E-state index in [-0.39, 0.29) is 11.4 Å². The molecular formula is C27H19FN2O3. The van der Waals surface area contributed by atoms with Crippen molar-refractivity contribution in [3.8, 4) is 23.1 Å². The van der Waals surface area contributed by atoms with Crippen molar-refractivity contribution >= 4 is 17.7 Å². The zero-order valence-corrected chi connectivity index (χ0v) is 17.5. The van der Waals surface area contributed by atoms with Gasteiger partial charge in [0.05, 0.1) is 0 Å². The molecule has 4 rings (SSSR count). The predicted molar refractivity (Wildman–Crippen MR) is 124 cm³/mol. The van der Waals surface area contributed by atoms with E-state index < -0.39 is 5.91 Å². The van der Waals surface area contributed by atoms with Gasteiger partial charge in [-0.2, -0.15) is 5.26 Å². The van der Waals surface area contributed by atoms with Crippen LogP contribution in [0.2, 0.25) is 0 Å². The topological polar surface area (TPSA) is 75.3 Å². The maximum absolute atomic E-state index is 13.1. The summed E-state index contributed by atoms with van der Waals surface area (Å²) in [4.78, 5) is 12.5. The molecule has 1 N–H and O–H groups in total. The molecule has 1 amide bonds. The van der Waals surface area contributed by atoms with Gasteiger partial charge in [-0.1, -0.05) is 30.3 Å². The lowest BCUT2D eigenvalue weighted by Crippen LogP contribution is -2.13. The Morgan fingerprint density at radius 1 is 0.970 bits per heavy atom. The molecule has 6 heteroatoms. The van der Waals surface area contributed by atoms with Gasteiger partial charge in [0.1, 0.15) is 41.3 Å². The molecule has 0 bridgehead atoms. The van der Waals surface area contributed by atoms with Crippen LogP contribution in [-0.2, 0) is 11.4 Å². The summed E-state index contributed by atoms with van der Waals surface area (Å²) >= 11 is 0. The molecule has 0 radical (unpaired) electrons. The average Bonchev–Trinajstić information content (AvgIpc) is 3.32. The number of furan rings is 1. The first-order chi connectivity index (χ1) is 16.1. The fraction of sp³-hybridized carbons (Fsp3) is 0.0370. The smallest absolute Gasteiger partial charge is 0.266 e. The highest BCUT2D eigenvalue weighted by Gasteiger charge is 2.12. The van der Waals surface area contributed by atoms with E-state index in [2.05, 4.69) is 5.32 Å². The van der Waals surface area contributed by atoms with Crippen molar-refractivity contribution in [1.29, 1.82) is 5.26 Å². The molecule has 0 spiro atoms. The number of nitrogens with zero attached hydrogens (tertiary/aromatic N) is 1. The summed E-state index contributed by atoms with van der Waals surface area (Å²) in [5.41, 5.74) is 2.16. The van der Waals surface area contributed by atoms with Gasteiger partial charge in [-0.05, 0) is 66.2 Å². The normalized spacial score (nSPS) is 11.0. The summed E-state index contributed by atoms with van der Waals surface area (Å²) in [6.45, 7) is 0.441. The first kappa shape index (κ1) is 21.6. The number of nitriles is 1. The van der Waals surface area contributed by atoms with Crippen LogP contribution in [0.3, 0.4) is 0 Å². The highest BCUT2D eigenvalue weighted by molar-refractivity contribution is 6.09. The molecule has 1 aromatic heterocycles. The molecular weight excluding hydrogens is 419 g/mol. The molecule has 3 aromatic carbocycles. The van der Waals surface area contributed by atoms with E-state index >= 15 is 0 Å². The van der Waals surface area contributed by atoms with Gasteiger partial charge in [0.15, 0.2) is 0 Å². The minimum Gasteiger partial charge on any atom is -0.489 e. The third-order valence-electron chi connectivity index (χ3n) is 4.77. The molecule has 5 nitrogen and oxygen atoms in total. The van der Waals surface area contributed by atoms with Crippen LogP contribution in [0.25, 0.3) is 17.4 Å². The molecule has 0 saturated carbocycles. The number of benzene rings is 3. The van der Waals surface area contributed by atoms with E-state index in [1.54, 1.807) is 48.5 Å². The van der Waals surface area contributed by atoms with Crippen molar-refractivity contribution in [3.63, 3.8) is 0 Å². The monoisotopic (exact) mass is 438 g/mol. The van der Waals surface area contributed by atoms with E-state index in [1.807, 2.05) is 36.4 Å². The number of carbonyl (C=O) groups excluding carboxylic acids is 1. The summed E-state index contributed by atoms with van der Waals surface area (Å²) in [6.07, 6.45) is 1.36. The van der Waals surface area contributed by atoms with Crippen molar-refractivity contribution in [3.05, 3.63) is 114 Å². The van der Waals surface area contributed by atoms with Crippen LogP contribution in [0.4, 0.5) is 10.1 Å². The van der Waals surface area contributed by atoms with E-state index in [0.717, 1.165) is 5.56 Å². The maximum Gasteiger partial charge on any atom is 0.266 e. The largest absolute Gasteiger partial charge is 0.489 e. The Balaban J connectivity index is 1.39. The van der Waals surface area contributed by atoms with Crippen LogP contribution in [-0.4, -0.2) is 5.91 Å². The fourth-order valence-corrected chi connectivity index (χ4v) is 3.06. The van der Waals surface area contributed by atoms with E-state index in [4.69, 9.17) is 9.15 Å². The minimum absolute atomic E-state index is 0.112. The van der Waals surface area contributed by atoms with Gasteiger partial charge in [-0.25, -0.2) is 4.39 Å². The molecule has 0 aliphatic heterocycles. The van der Waals surface area contributed by atoms with Crippen molar-refractivity contribution in [2.45, 2.75) is 6.61 Å². The molecule has 0 saturated heterocycles. The quantitative estimate of drug-likeness (QED) is 0.275. The molecule has 0 aliphatic rings. The van der Waals surface area contributed by atoms with Crippen molar-refractivity contribution in [1.82, 2.24) is 0 Å². The van der Waals surface area contributed by atoms with Crippen LogP contribution in [0, 0.1) is 17.1 Å². The second-order valence-electron chi connectivity index (χ2n) is 7.13. The molecule has 1 heterocycles. The van der Waals surface area contributed by atoms with Gasteiger partial charge in [0.2, 0.25) is 0 Å². The maximum atomic E-state index is 13.1. The van der Waals surface area contributed by atoms with E-state index in [0.29, 0.717) is 35.1 Å². The van der Waals surface area contributed by atoms with E-state index in [9.17, 15) is 14.4 Å². The number of amides is 1. The first-order valence-corrected chi connectivity index (χ1v) is 10.2. The van der Waals surface area contributed by atoms with Crippen LogP contribution in [0.1, 0.15) is 11.3 Å². The number of hydrogen-bond donors (Lipinski definition) is 1. The zero-order valence-electron chi connectivity index (χ0n) is 17.5. The zero-order chi connectivity index (χ0) is 23.0. The third kappa shape index (κ3) is 5.75. The van der Waals surface area contributed by atoms with Gasteiger partial charge in [0.25, 0.3) is 5.91 Å². The minimum atomic E-state index is -0.560. The Morgan fingerprint density at radius 2 is 1.70 bits per heavy atom. The summed E-state index contributed by atoms with van der Waals surface area (Å²) < 4.78 is 24.5. The van der Waals surface area contributed by atoms with Crippen molar-refractivity contribution in [2.24, 2.45) is 0 Å². The van der Waals surface area contributed by atoms with Crippen molar-refractivity contribution < 1.29 is 18.3 Å². The highest BCUT2D eigenvalue weighted by Crippen LogP contribution is 2.24. The molecule has 0 unspecified atom stereocenters. The third-order valence-corrected chi connectivity index (χ3v) is 4.77. The van der Waals surface area contributed by atoms with Gasteiger partial charge in [0, 0.05) is 17.3 Å². The second kappa shape index (κ2) is 10.1. The SMILES string of the molecule is N#C/C(=C\c1ccc(-c2ccc(F)cc2)o1)C(=O)Nc1ccc(OCc2ccccc2)cc1. The summed E-state index contributed by atoms with van der Waals surface area (Å²) in [5.74, 6) is 0.604.